The molecule has 0 aliphatic heterocycles. The van der Waals surface area contributed by atoms with Gasteiger partial charge in [-0.2, -0.15) is 13.2 Å². The zero-order valence-electron chi connectivity index (χ0n) is 11.3. The Morgan fingerprint density at radius 3 is 2.63 bits per heavy atom. The summed E-state index contributed by atoms with van der Waals surface area (Å²) in [5, 5.41) is 2.92. The van der Waals surface area contributed by atoms with E-state index in [2.05, 4.69) is 5.32 Å². The maximum Gasteiger partial charge on any atom is 0.389 e. The fraction of sp³-hybridized carbons (Fsp3) is 0.571. The first-order valence-corrected chi connectivity index (χ1v) is 6.43. The molecule has 108 valence electrons. The number of ether oxygens (including phenoxy) is 1. The third kappa shape index (κ3) is 5.96. The lowest BCUT2D eigenvalue weighted by Crippen LogP contribution is -2.19. The number of hydrogen-bond acceptors (Lipinski definition) is 2. The number of benzene rings is 1. The normalized spacial score (nSPS) is 13.3. The summed E-state index contributed by atoms with van der Waals surface area (Å²) in [6.45, 7) is 2.61. The van der Waals surface area contributed by atoms with Crippen LogP contribution in [0.25, 0.3) is 0 Å². The van der Waals surface area contributed by atoms with Gasteiger partial charge in [-0.3, -0.25) is 0 Å². The smallest absolute Gasteiger partial charge is 0.389 e. The van der Waals surface area contributed by atoms with Crippen molar-refractivity contribution in [1.82, 2.24) is 5.32 Å². The van der Waals surface area contributed by atoms with Crippen LogP contribution >= 0.6 is 0 Å². The average molecular weight is 275 g/mol. The lowest BCUT2D eigenvalue weighted by Gasteiger charge is -2.18. The molecular weight excluding hydrogens is 255 g/mol. The van der Waals surface area contributed by atoms with E-state index in [9.17, 15) is 13.2 Å². The van der Waals surface area contributed by atoms with Crippen molar-refractivity contribution >= 4 is 0 Å². The van der Waals surface area contributed by atoms with Gasteiger partial charge >= 0.3 is 6.18 Å². The van der Waals surface area contributed by atoms with E-state index in [-0.39, 0.29) is 12.5 Å². The highest BCUT2D eigenvalue weighted by Crippen LogP contribution is 2.28. The molecule has 19 heavy (non-hydrogen) atoms. The summed E-state index contributed by atoms with van der Waals surface area (Å²) >= 11 is 0. The zero-order chi connectivity index (χ0) is 14.3. The van der Waals surface area contributed by atoms with Gasteiger partial charge in [0.05, 0.1) is 6.61 Å². The van der Waals surface area contributed by atoms with E-state index in [1.165, 1.54) is 0 Å². The molecule has 1 aromatic carbocycles. The third-order valence-corrected chi connectivity index (χ3v) is 2.80. The van der Waals surface area contributed by atoms with Crippen molar-refractivity contribution in [3.05, 3.63) is 29.8 Å². The second-order valence-corrected chi connectivity index (χ2v) is 4.42. The summed E-state index contributed by atoms with van der Waals surface area (Å²) in [6.07, 6.45) is -3.99. The van der Waals surface area contributed by atoms with E-state index >= 15 is 0 Å². The molecule has 0 amide bonds. The SMILES string of the molecule is CCCOc1cccc(C(CCC(F)(F)F)NC)c1. The van der Waals surface area contributed by atoms with Crippen molar-refractivity contribution in [2.45, 2.75) is 38.4 Å². The van der Waals surface area contributed by atoms with E-state index in [0.717, 1.165) is 12.0 Å². The van der Waals surface area contributed by atoms with Crippen molar-refractivity contribution in [3.63, 3.8) is 0 Å². The highest BCUT2D eigenvalue weighted by molar-refractivity contribution is 5.30. The van der Waals surface area contributed by atoms with Gasteiger partial charge in [0.2, 0.25) is 0 Å². The van der Waals surface area contributed by atoms with E-state index in [1.807, 2.05) is 19.1 Å². The van der Waals surface area contributed by atoms with Crippen LogP contribution in [-0.2, 0) is 0 Å². The molecule has 0 aliphatic rings. The number of hydrogen-bond donors (Lipinski definition) is 1. The largest absolute Gasteiger partial charge is 0.494 e. The molecule has 0 aliphatic carbocycles. The van der Waals surface area contributed by atoms with Gasteiger partial charge in [0, 0.05) is 12.5 Å². The summed E-state index contributed by atoms with van der Waals surface area (Å²) in [5.74, 6) is 0.701. The quantitative estimate of drug-likeness (QED) is 0.809. The van der Waals surface area contributed by atoms with E-state index in [0.29, 0.717) is 12.4 Å². The fourth-order valence-corrected chi connectivity index (χ4v) is 1.83. The molecule has 1 aromatic rings. The number of alkyl halides is 3. The van der Waals surface area contributed by atoms with Gasteiger partial charge in [-0.1, -0.05) is 19.1 Å². The summed E-state index contributed by atoms with van der Waals surface area (Å²) in [4.78, 5) is 0. The lowest BCUT2D eigenvalue weighted by atomic mass is 10.0. The minimum absolute atomic E-state index is 0.0250. The molecule has 0 bridgehead atoms. The van der Waals surface area contributed by atoms with Crippen LogP contribution in [-0.4, -0.2) is 19.8 Å². The Hall–Kier alpha value is -1.23. The van der Waals surface area contributed by atoms with E-state index in [1.54, 1.807) is 19.2 Å². The molecule has 2 nitrogen and oxygen atoms in total. The van der Waals surface area contributed by atoms with Crippen LogP contribution in [0.5, 0.6) is 5.75 Å². The summed E-state index contributed by atoms with van der Waals surface area (Å²) < 4.78 is 42.3. The first-order valence-electron chi connectivity index (χ1n) is 6.43. The Labute approximate surface area is 112 Å². The van der Waals surface area contributed by atoms with E-state index in [4.69, 9.17) is 4.74 Å². The van der Waals surface area contributed by atoms with Crippen LogP contribution in [0.15, 0.2) is 24.3 Å². The monoisotopic (exact) mass is 275 g/mol. The standard InChI is InChI=1S/C14H20F3NO/c1-3-9-19-12-6-4-5-11(10-12)13(18-2)7-8-14(15,16)17/h4-6,10,13,18H,3,7-9H2,1-2H3. The Kier molecular flexibility index (Phi) is 6.15. The molecule has 0 aromatic heterocycles. The maximum absolute atomic E-state index is 12.3. The highest BCUT2D eigenvalue weighted by Gasteiger charge is 2.28. The first-order chi connectivity index (χ1) is 8.96. The average Bonchev–Trinajstić information content (AvgIpc) is 2.36. The maximum atomic E-state index is 12.3. The molecule has 0 fully saturated rings. The molecule has 0 radical (unpaired) electrons. The van der Waals surface area contributed by atoms with Gasteiger partial charge in [0.25, 0.3) is 0 Å². The first kappa shape index (κ1) is 15.8. The zero-order valence-corrected chi connectivity index (χ0v) is 11.3. The van der Waals surface area contributed by atoms with E-state index < -0.39 is 12.6 Å². The Balaban J connectivity index is 2.69. The van der Waals surface area contributed by atoms with Crippen molar-refractivity contribution in [3.8, 4) is 5.75 Å². The van der Waals surface area contributed by atoms with Crippen molar-refractivity contribution in [2.75, 3.05) is 13.7 Å². The van der Waals surface area contributed by atoms with Gasteiger partial charge in [-0.15, -0.1) is 0 Å². The van der Waals surface area contributed by atoms with Gasteiger partial charge in [0.15, 0.2) is 0 Å². The molecule has 1 atom stereocenters. The molecule has 0 saturated carbocycles. The molecule has 0 saturated heterocycles. The molecular formula is C14H20F3NO. The van der Waals surface area contributed by atoms with Gasteiger partial charge in [0.1, 0.15) is 5.75 Å². The van der Waals surface area contributed by atoms with Crippen LogP contribution in [0, 0.1) is 0 Å². The minimum Gasteiger partial charge on any atom is -0.494 e. The van der Waals surface area contributed by atoms with Crippen LogP contribution in [0.1, 0.15) is 37.8 Å². The predicted molar refractivity (Wildman–Crippen MR) is 69.3 cm³/mol. The number of rotatable bonds is 7. The third-order valence-electron chi connectivity index (χ3n) is 2.80. The lowest BCUT2D eigenvalue weighted by molar-refractivity contribution is -0.136. The Morgan fingerprint density at radius 1 is 1.32 bits per heavy atom. The number of halogens is 3. The molecule has 0 heterocycles. The topological polar surface area (TPSA) is 21.3 Å². The van der Waals surface area contributed by atoms with Gasteiger partial charge in [-0.25, -0.2) is 0 Å². The molecule has 1 N–H and O–H groups in total. The summed E-state index contributed by atoms with van der Waals surface area (Å²) in [7, 11) is 1.67. The molecule has 1 rings (SSSR count). The van der Waals surface area contributed by atoms with Crippen molar-refractivity contribution < 1.29 is 17.9 Å². The van der Waals surface area contributed by atoms with Crippen LogP contribution < -0.4 is 10.1 Å². The second kappa shape index (κ2) is 7.38. The van der Waals surface area contributed by atoms with Crippen molar-refractivity contribution in [1.29, 1.82) is 0 Å². The van der Waals surface area contributed by atoms with Crippen molar-refractivity contribution in [2.24, 2.45) is 0 Å². The predicted octanol–water partition coefficient (Wildman–Crippen LogP) is 4.08. The Bertz CT molecular complexity index is 379. The van der Waals surface area contributed by atoms with Gasteiger partial charge < -0.3 is 10.1 Å². The highest BCUT2D eigenvalue weighted by atomic mass is 19.4. The van der Waals surface area contributed by atoms with Crippen LogP contribution in [0.3, 0.4) is 0 Å². The van der Waals surface area contributed by atoms with Crippen LogP contribution in [0.4, 0.5) is 13.2 Å². The number of nitrogens with one attached hydrogen (secondary N) is 1. The van der Waals surface area contributed by atoms with Crippen LogP contribution in [0.2, 0.25) is 0 Å². The minimum atomic E-state index is -4.12. The van der Waals surface area contributed by atoms with Gasteiger partial charge in [-0.05, 0) is 37.6 Å². The fourth-order valence-electron chi connectivity index (χ4n) is 1.83. The molecule has 1 unspecified atom stereocenters. The second-order valence-electron chi connectivity index (χ2n) is 4.42. The summed E-state index contributed by atoms with van der Waals surface area (Å²) in [5.41, 5.74) is 0.820. The summed E-state index contributed by atoms with van der Waals surface area (Å²) in [6, 6.07) is 6.92. The Morgan fingerprint density at radius 2 is 2.05 bits per heavy atom. The molecule has 5 heteroatoms. The molecule has 0 spiro atoms.